The van der Waals surface area contributed by atoms with Crippen molar-refractivity contribution in [2.24, 2.45) is 0 Å². The predicted molar refractivity (Wildman–Crippen MR) is 362 cm³/mol. The minimum Gasteiger partial charge on any atom is -0.462 e. The summed E-state index contributed by atoms with van der Waals surface area (Å²) in [6.07, 6.45) is 89.3. The Morgan fingerprint density at radius 2 is 0.679 bits per heavy atom. The molecule has 0 aromatic carbocycles. The summed E-state index contributed by atoms with van der Waals surface area (Å²) in [5.41, 5.74) is 0. The predicted octanol–water partition coefficient (Wildman–Crippen LogP) is 22.7. The standard InChI is InChI=1S/C74H132NO8P/c1-6-8-10-12-14-16-18-20-22-24-26-28-30-32-34-36-37-39-41-43-45-47-49-51-53-55-57-59-61-63-65-67-74(77)83-72(71-82-84(78,79)81-69-68-75(3,4)5)70-80-73(76)66-64-62-60-58-56-54-52-50-48-46-44-42-40-38-35-33-31-29-27-25-23-21-19-17-15-13-11-9-7-2/h8,10,14,16,19-22,25-28,31-34,72H,6-7,9,11-13,15,17-18,23-24,29-30,35-71H2,1-5H3/p+1/b10-8-,16-14-,21-19-,22-20-,27-25-,28-26-,33-31-,34-32-. The van der Waals surface area contributed by atoms with Gasteiger partial charge in [0.1, 0.15) is 19.8 Å². The van der Waals surface area contributed by atoms with Gasteiger partial charge in [0.25, 0.3) is 0 Å². The van der Waals surface area contributed by atoms with Crippen LogP contribution in [0.4, 0.5) is 0 Å². The van der Waals surface area contributed by atoms with Crippen LogP contribution in [0, 0.1) is 0 Å². The zero-order chi connectivity index (χ0) is 61.2. The first-order chi connectivity index (χ1) is 41.0. The minimum atomic E-state index is -4.40. The Bertz CT molecular complexity index is 1740. The van der Waals surface area contributed by atoms with E-state index in [-0.39, 0.29) is 32.0 Å². The number of hydrogen-bond donors (Lipinski definition) is 1. The highest BCUT2D eigenvalue weighted by atomic mass is 31.2. The van der Waals surface area contributed by atoms with Gasteiger partial charge in [-0.05, 0) is 96.3 Å². The van der Waals surface area contributed by atoms with Crippen molar-refractivity contribution in [2.45, 2.75) is 315 Å². The topological polar surface area (TPSA) is 108 Å². The van der Waals surface area contributed by atoms with Crippen molar-refractivity contribution >= 4 is 19.8 Å². The fourth-order valence-corrected chi connectivity index (χ4v) is 10.5. The lowest BCUT2D eigenvalue weighted by molar-refractivity contribution is -0.870. The second-order valence-corrected chi connectivity index (χ2v) is 26.0. The zero-order valence-corrected chi connectivity index (χ0v) is 56.3. The second-order valence-electron chi connectivity index (χ2n) is 24.5. The highest BCUT2D eigenvalue weighted by molar-refractivity contribution is 7.47. The van der Waals surface area contributed by atoms with E-state index >= 15 is 0 Å². The van der Waals surface area contributed by atoms with Crippen LogP contribution >= 0.6 is 7.82 Å². The van der Waals surface area contributed by atoms with Crippen molar-refractivity contribution in [1.82, 2.24) is 0 Å². The summed E-state index contributed by atoms with van der Waals surface area (Å²) in [5, 5.41) is 0. The number of unbranched alkanes of at least 4 members (excludes halogenated alkanes) is 34. The summed E-state index contributed by atoms with van der Waals surface area (Å²) in [5.74, 6) is -0.791. The zero-order valence-electron chi connectivity index (χ0n) is 55.4. The van der Waals surface area contributed by atoms with Gasteiger partial charge in [0, 0.05) is 12.8 Å². The Morgan fingerprint density at radius 1 is 0.381 bits per heavy atom. The average molecular weight is 1200 g/mol. The van der Waals surface area contributed by atoms with Gasteiger partial charge in [-0.15, -0.1) is 0 Å². The normalized spacial score (nSPS) is 13.7. The molecule has 0 heterocycles. The number of likely N-dealkylation sites (N-methyl/N-ethyl adjacent to an activating group) is 1. The maximum atomic E-state index is 12.9. The number of quaternary nitrogens is 1. The summed E-state index contributed by atoms with van der Waals surface area (Å²) < 4.78 is 34.7. The maximum Gasteiger partial charge on any atom is 0.472 e. The van der Waals surface area contributed by atoms with E-state index in [4.69, 9.17) is 18.5 Å². The number of nitrogens with zero attached hydrogens (tertiary/aromatic N) is 1. The van der Waals surface area contributed by atoms with Crippen molar-refractivity contribution in [3.63, 3.8) is 0 Å². The van der Waals surface area contributed by atoms with Crippen molar-refractivity contribution in [3.8, 4) is 0 Å². The molecule has 0 aliphatic heterocycles. The molecule has 0 bridgehead atoms. The molecule has 0 amide bonds. The Hall–Kier alpha value is -3.07. The summed E-state index contributed by atoms with van der Waals surface area (Å²) in [6, 6.07) is 0. The second kappa shape index (κ2) is 64.4. The number of ether oxygens (including phenoxy) is 2. The number of hydrogen-bond acceptors (Lipinski definition) is 7. The first-order valence-corrected chi connectivity index (χ1v) is 36.5. The van der Waals surface area contributed by atoms with E-state index in [0.717, 1.165) is 83.5 Å². The van der Waals surface area contributed by atoms with E-state index < -0.39 is 26.5 Å². The van der Waals surface area contributed by atoms with Crippen LogP contribution in [0.25, 0.3) is 0 Å². The highest BCUT2D eigenvalue weighted by Gasteiger charge is 2.27. The van der Waals surface area contributed by atoms with Crippen LogP contribution in [0.15, 0.2) is 97.2 Å². The molecular formula is C74H133NO8P+. The van der Waals surface area contributed by atoms with Crippen LogP contribution in [-0.2, 0) is 32.7 Å². The van der Waals surface area contributed by atoms with Gasteiger partial charge in [-0.3, -0.25) is 18.6 Å². The molecule has 1 N–H and O–H groups in total. The third kappa shape index (κ3) is 68.0. The quantitative estimate of drug-likeness (QED) is 0.0211. The molecule has 0 spiro atoms. The third-order valence-corrected chi connectivity index (χ3v) is 16.1. The molecule has 10 heteroatoms. The summed E-state index contributed by atoms with van der Waals surface area (Å²) >= 11 is 0. The Kier molecular flexibility index (Phi) is 62.1. The van der Waals surface area contributed by atoms with Crippen LogP contribution in [0.5, 0.6) is 0 Å². The van der Waals surface area contributed by atoms with Gasteiger partial charge < -0.3 is 18.9 Å². The molecule has 0 saturated heterocycles. The summed E-state index contributed by atoms with van der Waals surface area (Å²) in [4.78, 5) is 35.9. The summed E-state index contributed by atoms with van der Waals surface area (Å²) in [7, 11) is 1.48. The van der Waals surface area contributed by atoms with Crippen molar-refractivity contribution in [2.75, 3.05) is 47.5 Å². The minimum absolute atomic E-state index is 0.0293. The molecule has 0 rings (SSSR count). The number of allylic oxidation sites excluding steroid dienone is 16. The molecule has 0 aromatic heterocycles. The van der Waals surface area contributed by atoms with Gasteiger partial charge in [-0.1, -0.05) is 297 Å². The van der Waals surface area contributed by atoms with Gasteiger partial charge in [0.05, 0.1) is 27.7 Å². The first kappa shape index (κ1) is 80.9. The molecule has 84 heavy (non-hydrogen) atoms. The van der Waals surface area contributed by atoms with Gasteiger partial charge in [-0.2, -0.15) is 0 Å². The average Bonchev–Trinajstić information content (AvgIpc) is 3.61. The molecule has 0 saturated carbocycles. The molecule has 0 radical (unpaired) electrons. The summed E-state index contributed by atoms with van der Waals surface area (Å²) in [6.45, 7) is 4.34. The SMILES string of the molecule is CC/C=C\C/C=C\C/C=C\C/C=C\C/C=C\CCCCCCCCCCCCCCCCCC(=O)OC(COC(=O)CCCCCCCCCCCCCCCC/C=C\C/C=C\C/C=C\CCCCCCC)COP(=O)(O)OCC[N+](C)(C)C. The van der Waals surface area contributed by atoms with E-state index in [1.165, 1.54) is 193 Å². The van der Waals surface area contributed by atoms with Gasteiger partial charge in [0.2, 0.25) is 0 Å². The Morgan fingerprint density at radius 3 is 1.01 bits per heavy atom. The van der Waals surface area contributed by atoms with Crippen LogP contribution in [0.1, 0.15) is 309 Å². The van der Waals surface area contributed by atoms with Crippen LogP contribution < -0.4 is 0 Å². The fraction of sp³-hybridized carbons (Fsp3) is 0.757. The molecule has 0 fully saturated rings. The van der Waals surface area contributed by atoms with E-state index in [2.05, 4.69) is 111 Å². The molecule has 2 atom stereocenters. The van der Waals surface area contributed by atoms with E-state index in [0.29, 0.717) is 17.4 Å². The maximum absolute atomic E-state index is 12.9. The molecule has 486 valence electrons. The number of phosphoric acid groups is 1. The van der Waals surface area contributed by atoms with Crippen molar-refractivity contribution < 1.29 is 42.1 Å². The van der Waals surface area contributed by atoms with E-state index in [9.17, 15) is 19.0 Å². The molecule has 0 aliphatic rings. The van der Waals surface area contributed by atoms with Gasteiger partial charge >= 0.3 is 19.8 Å². The largest absolute Gasteiger partial charge is 0.472 e. The lowest BCUT2D eigenvalue weighted by Crippen LogP contribution is -2.37. The molecule has 0 aliphatic carbocycles. The highest BCUT2D eigenvalue weighted by Crippen LogP contribution is 2.43. The van der Waals surface area contributed by atoms with E-state index in [1.807, 2.05) is 21.1 Å². The number of phosphoric ester groups is 1. The molecule has 0 aromatic rings. The van der Waals surface area contributed by atoms with E-state index in [1.54, 1.807) is 0 Å². The van der Waals surface area contributed by atoms with Crippen molar-refractivity contribution in [3.05, 3.63) is 97.2 Å². The number of rotatable bonds is 64. The van der Waals surface area contributed by atoms with Crippen LogP contribution in [0.3, 0.4) is 0 Å². The number of carbonyl (C=O) groups is 2. The lowest BCUT2D eigenvalue weighted by atomic mass is 10.0. The Balaban J connectivity index is 4.05. The van der Waals surface area contributed by atoms with Crippen LogP contribution in [0.2, 0.25) is 0 Å². The number of carbonyl (C=O) groups excluding carboxylic acids is 2. The van der Waals surface area contributed by atoms with Crippen molar-refractivity contribution in [1.29, 1.82) is 0 Å². The van der Waals surface area contributed by atoms with Gasteiger partial charge in [0.15, 0.2) is 6.10 Å². The molecule has 9 nitrogen and oxygen atoms in total. The molecular weight excluding hydrogens is 1060 g/mol. The Labute approximate surface area is 519 Å². The van der Waals surface area contributed by atoms with Crippen LogP contribution in [-0.4, -0.2) is 74.9 Å². The fourth-order valence-electron chi connectivity index (χ4n) is 9.76. The monoisotopic (exact) mass is 1190 g/mol. The lowest BCUT2D eigenvalue weighted by Gasteiger charge is -2.24. The number of esters is 2. The molecule has 2 unspecified atom stereocenters. The smallest absolute Gasteiger partial charge is 0.462 e. The third-order valence-electron chi connectivity index (χ3n) is 15.1. The first-order valence-electron chi connectivity index (χ1n) is 35.0. The van der Waals surface area contributed by atoms with Gasteiger partial charge in [-0.25, -0.2) is 4.57 Å².